The average molecular weight is 334 g/mol. The molecule has 2 aromatic carbocycles. The molecule has 0 aliphatic rings. The van der Waals surface area contributed by atoms with Crippen LogP contribution >= 0.6 is 0 Å². The average Bonchev–Trinajstić information content (AvgIpc) is 3.11. The largest absolute Gasteiger partial charge is 0.491 e. The van der Waals surface area contributed by atoms with Crippen molar-refractivity contribution in [3.05, 3.63) is 78.4 Å². The van der Waals surface area contributed by atoms with Gasteiger partial charge in [-0.3, -0.25) is 5.43 Å². The van der Waals surface area contributed by atoms with Crippen molar-refractivity contribution in [2.45, 2.75) is 26.5 Å². The number of nitrogens with one attached hydrogen (secondary N) is 1. The number of hydrogen-bond donors (Lipinski definition) is 1. The van der Waals surface area contributed by atoms with Crippen LogP contribution in [0, 0.1) is 0 Å². The molecule has 3 rings (SSSR count). The highest BCUT2D eigenvalue weighted by Crippen LogP contribution is 2.22. The summed E-state index contributed by atoms with van der Waals surface area (Å²) in [4.78, 5) is 4.10. The van der Waals surface area contributed by atoms with Crippen LogP contribution in [0.15, 0.2) is 72.4 Å². The maximum absolute atomic E-state index is 5.93. The highest BCUT2D eigenvalue weighted by atomic mass is 16.5. The van der Waals surface area contributed by atoms with Crippen molar-refractivity contribution in [3.63, 3.8) is 0 Å². The molecule has 0 radical (unpaired) electrons. The van der Waals surface area contributed by atoms with E-state index in [-0.39, 0.29) is 6.10 Å². The number of nitrogens with zero attached hydrogens (tertiary/aromatic N) is 3. The van der Waals surface area contributed by atoms with Gasteiger partial charge in [-0.1, -0.05) is 18.2 Å². The second-order valence-corrected chi connectivity index (χ2v) is 6.00. The van der Waals surface area contributed by atoms with Gasteiger partial charge in [0.15, 0.2) is 0 Å². The zero-order valence-corrected chi connectivity index (χ0v) is 14.5. The molecule has 1 heterocycles. The highest BCUT2D eigenvalue weighted by Gasteiger charge is 2.07. The summed E-state index contributed by atoms with van der Waals surface area (Å²) in [5, 5.41) is 4.31. The smallest absolute Gasteiger partial charge is 0.124 e. The fourth-order valence-electron chi connectivity index (χ4n) is 2.44. The Kier molecular flexibility index (Phi) is 5.46. The van der Waals surface area contributed by atoms with Crippen LogP contribution in [0.5, 0.6) is 5.75 Å². The molecule has 0 aliphatic heterocycles. The van der Waals surface area contributed by atoms with Crippen LogP contribution in [0.4, 0.5) is 5.69 Å². The van der Waals surface area contributed by atoms with E-state index in [1.54, 1.807) is 12.5 Å². The van der Waals surface area contributed by atoms with Gasteiger partial charge < -0.3 is 9.30 Å². The fourth-order valence-corrected chi connectivity index (χ4v) is 2.44. The van der Waals surface area contributed by atoms with Crippen LogP contribution < -0.4 is 10.2 Å². The van der Waals surface area contributed by atoms with Gasteiger partial charge in [-0.25, -0.2) is 4.98 Å². The van der Waals surface area contributed by atoms with Gasteiger partial charge in [-0.15, -0.1) is 0 Å². The van der Waals surface area contributed by atoms with E-state index < -0.39 is 0 Å². The zero-order valence-electron chi connectivity index (χ0n) is 14.5. The number of anilines is 1. The third kappa shape index (κ3) is 4.94. The summed E-state index contributed by atoms with van der Waals surface area (Å²) < 4.78 is 7.95. The van der Waals surface area contributed by atoms with E-state index >= 15 is 0 Å². The summed E-state index contributed by atoms with van der Waals surface area (Å²) in [6.07, 6.45) is 7.45. The van der Waals surface area contributed by atoms with Gasteiger partial charge in [0.05, 0.1) is 30.9 Å². The molecule has 0 aliphatic carbocycles. The minimum Gasteiger partial charge on any atom is -0.491 e. The first-order valence-corrected chi connectivity index (χ1v) is 8.30. The molecule has 0 unspecified atom stereocenters. The van der Waals surface area contributed by atoms with Crippen molar-refractivity contribution in [1.29, 1.82) is 0 Å². The highest BCUT2D eigenvalue weighted by molar-refractivity contribution is 5.81. The van der Waals surface area contributed by atoms with Gasteiger partial charge in [0, 0.05) is 18.0 Å². The predicted molar refractivity (Wildman–Crippen MR) is 101 cm³/mol. The Bertz CT molecular complexity index is 811. The molecule has 0 saturated carbocycles. The summed E-state index contributed by atoms with van der Waals surface area (Å²) in [6, 6.07) is 16.0. The topological polar surface area (TPSA) is 51.4 Å². The van der Waals surface area contributed by atoms with Gasteiger partial charge in [0.1, 0.15) is 5.75 Å². The number of benzene rings is 2. The molecule has 1 aromatic heterocycles. The summed E-state index contributed by atoms with van der Waals surface area (Å²) in [5.41, 5.74) is 6.09. The number of imidazole rings is 1. The number of hydrazone groups is 1. The van der Waals surface area contributed by atoms with E-state index in [0.717, 1.165) is 22.6 Å². The minimum atomic E-state index is 0.126. The summed E-state index contributed by atoms with van der Waals surface area (Å²) in [6.45, 7) is 4.76. The molecular formula is C20H22N4O. The van der Waals surface area contributed by atoms with E-state index in [0.29, 0.717) is 6.54 Å². The summed E-state index contributed by atoms with van der Waals surface area (Å²) in [7, 11) is 0. The van der Waals surface area contributed by atoms with Crippen LogP contribution in [0.3, 0.4) is 0 Å². The van der Waals surface area contributed by atoms with Crippen LogP contribution in [0.25, 0.3) is 0 Å². The molecule has 1 N–H and O–H groups in total. The minimum absolute atomic E-state index is 0.126. The lowest BCUT2D eigenvalue weighted by Crippen LogP contribution is -2.09. The standard InChI is InChI=1S/C20H22N4O/c1-16(2)25-20-9-8-17(12-18(20)14-24-11-10-21-15-24)13-22-23-19-6-4-3-5-7-19/h3-13,15-16,23H,14H2,1-2H3. The molecule has 25 heavy (non-hydrogen) atoms. The normalized spacial score (nSPS) is 11.2. The molecule has 5 nitrogen and oxygen atoms in total. The Morgan fingerprint density at radius 3 is 2.76 bits per heavy atom. The third-order valence-electron chi connectivity index (χ3n) is 3.54. The molecule has 0 bridgehead atoms. The quantitative estimate of drug-likeness (QED) is 0.521. The van der Waals surface area contributed by atoms with E-state index in [2.05, 4.69) is 21.6 Å². The van der Waals surface area contributed by atoms with Crippen molar-refractivity contribution in [1.82, 2.24) is 9.55 Å². The molecule has 0 saturated heterocycles. The summed E-state index contributed by atoms with van der Waals surface area (Å²) >= 11 is 0. The first kappa shape index (κ1) is 16.8. The molecule has 3 aromatic rings. The number of hydrogen-bond acceptors (Lipinski definition) is 4. The lowest BCUT2D eigenvalue weighted by molar-refractivity contribution is 0.239. The Morgan fingerprint density at radius 2 is 2.04 bits per heavy atom. The van der Waals surface area contributed by atoms with Crippen molar-refractivity contribution < 1.29 is 4.74 Å². The maximum atomic E-state index is 5.93. The predicted octanol–water partition coefficient (Wildman–Crippen LogP) is 4.16. The van der Waals surface area contributed by atoms with E-state index in [1.807, 2.05) is 73.3 Å². The molecule has 128 valence electrons. The van der Waals surface area contributed by atoms with E-state index in [1.165, 1.54) is 0 Å². The second kappa shape index (κ2) is 8.15. The molecule has 0 fully saturated rings. The maximum Gasteiger partial charge on any atom is 0.124 e. The molecule has 0 spiro atoms. The lowest BCUT2D eigenvalue weighted by Gasteiger charge is -2.15. The fraction of sp³-hybridized carbons (Fsp3) is 0.200. The Labute approximate surface area is 148 Å². The zero-order chi connectivity index (χ0) is 17.5. The Morgan fingerprint density at radius 1 is 1.20 bits per heavy atom. The molecule has 5 heteroatoms. The lowest BCUT2D eigenvalue weighted by atomic mass is 10.1. The van der Waals surface area contributed by atoms with E-state index in [9.17, 15) is 0 Å². The van der Waals surface area contributed by atoms with Gasteiger partial charge in [-0.05, 0) is 49.7 Å². The van der Waals surface area contributed by atoms with Crippen LogP contribution in [-0.4, -0.2) is 21.9 Å². The van der Waals surface area contributed by atoms with Gasteiger partial charge in [-0.2, -0.15) is 5.10 Å². The summed E-state index contributed by atoms with van der Waals surface area (Å²) in [5.74, 6) is 0.886. The van der Waals surface area contributed by atoms with Crippen molar-refractivity contribution in [3.8, 4) is 5.75 Å². The van der Waals surface area contributed by atoms with E-state index in [4.69, 9.17) is 4.74 Å². The van der Waals surface area contributed by atoms with Gasteiger partial charge in [0.2, 0.25) is 0 Å². The number of rotatable bonds is 7. The first-order chi connectivity index (χ1) is 12.2. The van der Waals surface area contributed by atoms with Crippen molar-refractivity contribution in [2.24, 2.45) is 5.10 Å². The van der Waals surface area contributed by atoms with Crippen LogP contribution in [0.2, 0.25) is 0 Å². The SMILES string of the molecule is CC(C)Oc1ccc(C=NNc2ccccc2)cc1Cn1ccnc1. The van der Waals surface area contributed by atoms with Crippen LogP contribution in [0.1, 0.15) is 25.0 Å². The first-order valence-electron chi connectivity index (χ1n) is 8.30. The van der Waals surface area contributed by atoms with Gasteiger partial charge >= 0.3 is 0 Å². The monoisotopic (exact) mass is 334 g/mol. The number of para-hydroxylation sites is 1. The number of ether oxygens (including phenoxy) is 1. The molecule has 0 amide bonds. The van der Waals surface area contributed by atoms with Gasteiger partial charge in [0.25, 0.3) is 0 Å². The van der Waals surface area contributed by atoms with Crippen molar-refractivity contribution in [2.75, 3.05) is 5.43 Å². The molecule has 0 atom stereocenters. The number of aromatic nitrogens is 2. The Hall–Kier alpha value is -3.08. The Balaban J connectivity index is 1.77. The van der Waals surface area contributed by atoms with Crippen molar-refractivity contribution >= 4 is 11.9 Å². The molecular weight excluding hydrogens is 312 g/mol. The van der Waals surface area contributed by atoms with Crippen LogP contribution in [-0.2, 0) is 6.54 Å². The third-order valence-corrected chi connectivity index (χ3v) is 3.54. The second-order valence-electron chi connectivity index (χ2n) is 6.00.